The molecule has 2 aromatic carbocycles. The highest BCUT2D eigenvalue weighted by molar-refractivity contribution is 5.98. The number of rotatable bonds is 8. The molecule has 200 valence electrons. The number of β-amino-alcohol motifs (C(OH)–C–C–N with tert-alkyl or cyclic N) is 1. The molecule has 39 heavy (non-hydrogen) atoms. The van der Waals surface area contributed by atoms with E-state index in [-0.39, 0.29) is 5.91 Å². The molecule has 1 amide bonds. The molecule has 3 N–H and O–H groups in total. The molecule has 1 saturated heterocycles. The van der Waals surface area contributed by atoms with Crippen LogP contribution in [0, 0.1) is 0 Å². The van der Waals surface area contributed by atoms with Gasteiger partial charge in [0.25, 0.3) is 0 Å². The molecule has 0 bridgehead atoms. The third kappa shape index (κ3) is 6.57. The fourth-order valence-electron chi connectivity index (χ4n) is 4.75. The van der Waals surface area contributed by atoms with Gasteiger partial charge in [-0.15, -0.1) is 0 Å². The summed E-state index contributed by atoms with van der Waals surface area (Å²) in [6.07, 6.45) is 3.00. The number of nitrogens with zero attached hydrogens (tertiary/aromatic N) is 5. The molecule has 1 fully saturated rings. The zero-order valence-corrected chi connectivity index (χ0v) is 22.3. The van der Waals surface area contributed by atoms with E-state index in [9.17, 15) is 9.90 Å². The molecule has 0 atom stereocenters. The summed E-state index contributed by atoms with van der Waals surface area (Å²) in [6.45, 7) is 11.6. The molecule has 0 saturated carbocycles. The lowest BCUT2D eigenvalue weighted by atomic mass is 10.1. The molecule has 1 aliphatic rings. The van der Waals surface area contributed by atoms with E-state index < -0.39 is 5.60 Å². The lowest BCUT2D eigenvalue weighted by Gasteiger charge is -2.38. The first kappa shape index (κ1) is 26.3. The number of carbonyl (C=O) groups excluding carboxylic acids is 1. The molecule has 1 aliphatic heterocycles. The van der Waals surface area contributed by atoms with Gasteiger partial charge in [0.2, 0.25) is 11.9 Å². The number of fused-ring (bicyclic) bond motifs is 1. The van der Waals surface area contributed by atoms with Crippen LogP contribution in [-0.4, -0.2) is 69.2 Å². The maximum atomic E-state index is 11.7. The topological polar surface area (TPSA) is 107 Å². The molecule has 4 aromatic rings. The summed E-state index contributed by atoms with van der Waals surface area (Å²) in [6, 6.07) is 19.6. The molecule has 9 nitrogen and oxygen atoms in total. The van der Waals surface area contributed by atoms with E-state index in [1.807, 2.05) is 56.3 Å². The Kier molecular flexibility index (Phi) is 7.53. The Labute approximate surface area is 228 Å². The third-order valence-electron chi connectivity index (χ3n) is 6.54. The van der Waals surface area contributed by atoms with Crippen molar-refractivity contribution >= 4 is 40.0 Å². The van der Waals surface area contributed by atoms with E-state index in [1.165, 1.54) is 11.8 Å². The van der Waals surface area contributed by atoms with Crippen molar-refractivity contribution in [1.29, 1.82) is 0 Å². The van der Waals surface area contributed by atoms with E-state index in [0.717, 1.165) is 48.3 Å². The predicted octanol–water partition coefficient (Wildman–Crippen LogP) is 4.45. The van der Waals surface area contributed by atoms with Gasteiger partial charge in [-0.05, 0) is 56.3 Å². The predicted molar refractivity (Wildman–Crippen MR) is 156 cm³/mol. The summed E-state index contributed by atoms with van der Waals surface area (Å²) in [7, 11) is 0. The Morgan fingerprint density at radius 1 is 1.03 bits per heavy atom. The number of hydrogen-bond acceptors (Lipinski definition) is 8. The quantitative estimate of drug-likeness (QED) is 0.291. The second-order valence-corrected chi connectivity index (χ2v) is 10.3. The Morgan fingerprint density at radius 2 is 1.77 bits per heavy atom. The minimum Gasteiger partial charge on any atom is -0.389 e. The summed E-state index contributed by atoms with van der Waals surface area (Å²) in [5.41, 5.74) is 3.68. The molecule has 3 heterocycles. The minimum absolute atomic E-state index is 0.314. The average Bonchev–Trinajstić information content (AvgIpc) is 2.93. The van der Waals surface area contributed by atoms with Crippen LogP contribution in [0.2, 0.25) is 0 Å². The Hall–Kier alpha value is -4.34. The third-order valence-corrected chi connectivity index (χ3v) is 6.54. The lowest BCUT2D eigenvalue weighted by molar-refractivity contribution is -0.111. The number of amides is 1. The molecule has 2 aromatic heterocycles. The van der Waals surface area contributed by atoms with Crippen molar-refractivity contribution in [2.24, 2.45) is 0 Å². The second-order valence-electron chi connectivity index (χ2n) is 10.3. The van der Waals surface area contributed by atoms with Gasteiger partial charge in [0.05, 0.1) is 16.8 Å². The minimum atomic E-state index is -0.676. The number of benzene rings is 2. The first-order valence-electron chi connectivity index (χ1n) is 13.0. The average molecular weight is 524 g/mol. The van der Waals surface area contributed by atoms with Gasteiger partial charge < -0.3 is 20.6 Å². The summed E-state index contributed by atoms with van der Waals surface area (Å²) < 4.78 is 0. The van der Waals surface area contributed by atoms with E-state index in [4.69, 9.17) is 4.98 Å². The fourth-order valence-corrected chi connectivity index (χ4v) is 4.75. The van der Waals surface area contributed by atoms with Gasteiger partial charge in [0.1, 0.15) is 5.82 Å². The molecule has 0 spiro atoms. The SMILES string of the molecule is C=CC(=O)Nc1cccc(-c2cccc3cnc(Nc4ccc(N5CCN(CC(C)(C)O)CC5)cc4)nc23)n1. The normalized spacial score (nSPS) is 14.3. The molecule has 0 unspecified atom stereocenters. The van der Waals surface area contributed by atoms with Crippen molar-refractivity contribution in [3.8, 4) is 11.3 Å². The standard InChI is InChI=1S/C30H33N7O2/c1-4-27(38)34-26-10-6-9-25(33-26)24-8-5-7-21-19-31-29(35-28(21)24)32-22-11-13-23(14-12-22)37-17-15-36(16-18-37)20-30(2,3)39/h4-14,19,39H,1,15-18,20H2,2-3H3,(H,31,32,35)(H,33,34,38). The Bertz CT molecular complexity index is 1470. The van der Waals surface area contributed by atoms with Crippen molar-refractivity contribution in [1.82, 2.24) is 19.9 Å². The summed E-state index contributed by atoms with van der Waals surface area (Å²) in [4.78, 5) is 30.3. The zero-order chi connectivity index (χ0) is 27.4. The van der Waals surface area contributed by atoms with Crippen molar-refractivity contribution in [2.45, 2.75) is 19.4 Å². The Balaban J connectivity index is 1.30. The summed E-state index contributed by atoms with van der Waals surface area (Å²) >= 11 is 0. The molecule has 9 heteroatoms. The van der Waals surface area contributed by atoms with E-state index in [1.54, 1.807) is 12.3 Å². The highest BCUT2D eigenvalue weighted by Gasteiger charge is 2.22. The van der Waals surface area contributed by atoms with Crippen LogP contribution in [0.25, 0.3) is 22.2 Å². The van der Waals surface area contributed by atoms with Crippen LogP contribution >= 0.6 is 0 Å². The molecular formula is C30H33N7O2. The van der Waals surface area contributed by atoms with Gasteiger partial charge in [0.15, 0.2) is 0 Å². The van der Waals surface area contributed by atoms with Crippen LogP contribution in [0.4, 0.5) is 23.1 Å². The molecule has 0 radical (unpaired) electrons. The van der Waals surface area contributed by atoms with Crippen molar-refractivity contribution < 1.29 is 9.90 Å². The van der Waals surface area contributed by atoms with Gasteiger partial charge in [-0.2, -0.15) is 0 Å². The van der Waals surface area contributed by atoms with Crippen LogP contribution < -0.4 is 15.5 Å². The van der Waals surface area contributed by atoms with Crippen molar-refractivity contribution in [3.05, 3.63) is 79.5 Å². The van der Waals surface area contributed by atoms with Gasteiger partial charge in [-0.3, -0.25) is 9.69 Å². The number of pyridine rings is 1. The second kappa shape index (κ2) is 11.2. The number of aromatic nitrogens is 3. The summed E-state index contributed by atoms with van der Waals surface area (Å²) in [5.74, 6) is 0.616. The highest BCUT2D eigenvalue weighted by atomic mass is 16.3. The van der Waals surface area contributed by atoms with Gasteiger partial charge >= 0.3 is 0 Å². The van der Waals surface area contributed by atoms with Crippen LogP contribution in [0.5, 0.6) is 0 Å². The fraction of sp³-hybridized carbons (Fsp3) is 0.267. The van der Waals surface area contributed by atoms with Crippen LogP contribution in [0.1, 0.15) is 13.8 Å². The number of hydrogen-bond donors (Lipinski definition) is 3. The van der Waals surface area contributed by atoms with Crippen molar-refractivity contribution in [2.75, 3.05) is 48.3 Å². The Morgan fingerprint density at radius 3 is 2.49 bits per heavy atom. The number of anilines is 4. The van der Waals surface area contributed by atoms with E-state index in [2.05, 4.69) is 49.1 Å². The molecular weight excluding hydrogens is 490 g/mol. The zero-order valence-electron chi connectivity index (χ0n) is 22.3. The maximum absolute atomic E-state index is 11.7. The number of piperazine rings is 1. The number of para-hydroxylation sites is 1. The van der Waals surface area contributed by atoms with Crippen LogP contribution in [0.15, 0.2) is 79.5 Å². The van der Waals surface area contributed by atoms with Gasteiger partial charge in [0, 0.05) is 61.2 Å². The van der Waals surface area contributed by atoms with E-state index >= 15 is 0 Å². The molecule has 0 aliphatic carbocycles. The smallest absolute Gasteiger partial charge is 0.248 e. The van der Waals surface area contributed by atoms with Crippen LogP contribution in [-0.2, 0) is 4.79 Å². The lowest BCUT2D eigenvalue weighted by Crippen LogP contribution is -2.50. The van der Waals surface area contributed by atoms with E-state index in [0.29, 0.717) is 24.0 Å². The number of nitrogens with one attached hydrogen (secondary N) is 2. The maximum Gasteiger partial charge on any atom is 0.248 e. The number of carbonyl (C=O) groups is 1. The first-order chi connectivity index (χ1) is 18.8. The number of aliphatic hydroxyl groups is 1. The monoisotopic (exact) mass is 523 g/mol. The van der Waals surface area contributed by atoms with Gasteiger partial charge in [-0.1, -0.05) is 30.8 Å². The largest absolute Gasteiger partial charge is 0.389 e. The summed E-state index contributed by atoms with van der Waals surface area (Å²) in [5, 5.41) is 17.0. The molecule has 5 rings (SSSR count). The van der Waals surface area contributed by atoms with Gasteiger partial charge in [-0.25, -0.2) is 15.0 Å². The van der Waals surface area contributed by atoms with Crippen LogP contribution in [0.3, 0.4) is 0 Å². The highest BCUT2D eigenvalue weighted by Crippen LogP contribution is 2.28. The first-order valence-corrected chi connectivity index (χ1v) is 13.0. The van der Waals surface area contributed by atoms with Crippen molar-refractivity contribution in [3.63, 3.8) is 0 Å².